The van der Waals surface area contributed by atoms with Gasteiger partial charge in [0.1, 0.15) is 11.4 Å². The minimum Gasteiger partial charge on any atom is -0.346 e. The van der Waals surface area contributed by atoms with Gasteiger partial charge in [-0.05, 0) is 37.6 Å². The van der Waals surface area contributed by atoms with Crippen molar-refractivity contribution >= 4 is 27.6 Å². The number of amides is 3. The van der Waals surface area contributed by atoms with Crippen LogP contribution in [0.4, 0.5) is 19.3 Å². The molecule has 1 aromatic carbocycles. The van der Waals surface area contributed by atoms with Crippen molar-refractivity contribution in [1.29, 1.82) is 0 Å². The third-order valence-electron chi connectivity index (χ3n) is 4.10. The summed E-state index contributed by atoms with van der Waals surface area (Å²) >= 11 is 0. The first kappa shape index (κ1) is 19.6. The van der Waals surface area contributed by atoms with Gasteiger partial charge in [0.25, 0.3) is 10.0 Å². The molecule has 12 heteroatoms. The SMILES string of the molecule is Cc1ccnnc1[C@@H](C)NC(=O)CN1C(=O)Nc2ccc(F)c(F)c2S1(=O)=O.[HH].[HH]. The maximum absolute atomic E-state index is 14.0. The largest absolute Gasteiger partial charge is 0.346 e. The van der Waals surface area contributed by atoms with Crippen LogP contribution in [0.5, 0.6) is 0 Å². The van der Waals surface area contributed by atoms with Gasteiger partial charge in [0.05, 0.1) is 17.4 Å². The molecule has 3 rings (SSSR count). The quantitative estimate of drug-likeness (QED) is 0.787. The predicted molar refractivity (Wildman–Crippen MR) is 96.8 cm³/mol. The summed E-state index contributed by atoms with van der Waals surface area (Å²) in [7, 11) is -4.77. The number of aromatic nitrogens is 2. The molecule has 0 saturated carbocycles. The maximum atomic E-state index is 14.0. The van der Waals surface area contributed by atoms with Crippen molar-refractivity contribution in [3.63, 3.8) is 0 Å². The highest BCUT2D eigenvalue weighted by Crippen LogP contribution is 2.33. The number of carbonyl (C=O) groups is 2. The minimum absolute atomic E-state index is 0. The van der Waals surface area contributed by atoms with Crippen LogP contribution in [0.2, 0.25) is 0 Å². The molecule has 9 nitrogen and oxygen atoms in total. The molecule has 28 heavy (non-hydrogen) atoms. The van der Waals surface area contributed by atoms with E-state index in [0.29, 0.717) is 11.8 Å². The standard InChI is InChI=1S/C16H15F2N5O4S.2H2/c1-8-5-6-19-22-14(8)9(2)20-12(24)7-23-16(25)21-11-4-3-10(17)13(18)15(11)28(23,26)27;;/h3-6,9H,7H2,1-2H3,(H,20,24)(H,21,25);2*1H/t9-;;/m1../s1. The van der Waals surface area contributed by atoms with Gasteiger partial charge in [-0.15, -0.1) is 0 Å². The first-order valence-corrected chi connectivity index (χ1v) is 9.46. The third kappa shape index (κ3) is 3.38. The minimum atomic E-state index is -4.77. The molecule has 2 heterocycles. The van der Waals surface area contributed by atoms with Gasteiger partial charge in [-0.3, -0.25) is 4.79 Å². The van der Waals surface area contributed by atoms with E-state index in [9.17, 15) is 26.8 Å². The van der Waals surface area contributed by atoms with Crippen LogP contribution in [-0.2, 0) is 14.8 Å². The van der Waals surface area contributed by atoms with Gasteiger partial charge >= 0.3 is 6.03 Å². The molecule has 152 valence electrons. The lowest BCUT2D eigenvalue weighted by Crippen LogP contribution is -2.49. The van der Waals surface area contributed by atoms with Gasteiger partial charge in [0.2, 0.25) is 5.91 Å². The van der Waals surface area contributed by atoms with E-state index >= 15 is 0 Å². The van der Waals surface area contributed by atoms with Gasteiger partial charge in [0, 0.05) is 9.05 Å². The van der Waals surface area contributed by atoms with Gasteiger partial charge in [-0.25, -0.2) is 26.3 Å². The number of benzene rings is 1. The zero-order valence-electron chi connectivity index (χ0n) is 14.7. The van der Waals surface area contributed by atoms with E-state index in [1.165, 1.54) is 6.20 Å². The Morgan fingerprint density at radius 1 is 1.36 bits per heavy atom. The van der Waals surface area contributed by atoms with Crippen molar-refractivity contribution in [1.82, 2.24) is 19.8 Å². The van der Waals surface area contributed by atoms with E-state index in [2.05, 4.69) is 20.8 Å². The van der Waals surface area contributed by atoms with Crippen molar-refractivity contribution in [3.05, 3.63) is 47.3 Å². The monoisotopic (exact) mass is 415 g/mol. The number of rotatable bonds is 4. The molecule has 0 bridgehead atoms. The van der Waals surface area contributed by atoms with E-state index in [-0.39, 0.29) is 7.16 Å². The highest BCUT2D eigenvalue weighted by atomic mass is 32.2. The number of carbonyl (C=O) groups excluding carboxylic acids is 2. The van der Waals surface area contributed by atoms with E-state index in [4.69, 9.17) is 0 Å². The number of urea groups is 1. The van der Waals surface area contributed by atoms with E-state index in [1.54, 1.807) is 19.9 Å². The van der Waals surface area contributed by atoms with Crippen LogP contribution in [0.15, 0.2) is 29.3 Å². The molecule has 2 aromatic rings. The van der Waals surface area contributed by atoms with Crippen LogP contribution in [0.1, 0.15) is 27.1 Å². The average molecular weight is 415 g/mol. The zero-order chi connectivity index (χ0) is 20.6. The van der Waals surface area contributed by atoms with Crippen LogP contribution >= 0.6 is 0 Å². The molecule has 1 aliphatic rings. The fourth-order valence-electron chi connectivity index (χ4n) is 2.76. The second kappa shape index (κ2) is 7.11. The van der Waals surface area contributed by atoms with Crippen LogP contribution in [0.25, 0.3) is 0 Å². The molecule has 0 saturated heterocycles. The van der Waals surface area contributed by atoms with E-state index in [1.807, 2.05) is 0 Å². The van der Waals surface area contributed by atoms with Crippen molar-refractivity contribution in [3.8, 4) is 0 Å². The molecular weight excluding hydrogens is 396 g/mol. The lowest BCUT2D eigenvalue weighted by Gasteiger charge is -2.28. The number of aryl methyl sites for hydroxylation is 1. The van der Waals surface area contributed by atoms with Crippen molar-refractivity contribution < 1.29 is 29.6 Å². The summed E-state index contributed by atoms with van der Waals surface area (Å²) < 4.78 is 52.8. The summed E-state index contributed by atoms with van der Waals surface area (Å²) in [4.78, 5) is 23.4. The Balaban J connectivity index is 0.00000225. The number of hydrogen-bond donors (Lipinski definition) is 2. The molecule has 0 fully saturated rings. The molecule has 2 N–H and O–H groups in total. The fourth-order valence-corrected chi connectivity index (χ4v) is 4.25. The Bertz CT molecular complexity index is 1090. The topological polar surface area (TPSA) is 121 Å². The second-order valence-electron chi connectivity index (χ2n) is 6.07. The predicted octanol–water partition coefficient (Wildman–Crippen LogP) is 1.97. The van der Waals surface area contributed by atoms with Crippen LogP contribution in [-0.4, -0.2) is 41.4 Å². The normalized spacial score (nSPS) is 16.1. The highest BCUT2D eigenvalue weighted by Gasteiger charge is 2.41. The molecular formula is C16H19F2N5O4S. The van der Waals surface area contributed by atoms with Gasteiger partial charge in [0.15, 0.2) is 11.6 Å². The smallest absolute Gasteiger partial charge is 0.336 e. The van der Waals surface area contributed by atoms with Crippen molar-refractivity contribution in [2.75, 3.05) is 11.9 Å². The first-order valence-electron chi connectivity index (χ1n) is 8.02. The summed E-state index contributed by atoms with van der Waals surface area (Å²) in [5, 5.41) is 12.3. The van der Waals surface area contributed by atoms with Gasteiger partial charge in [-0.1, -0.05) is 0 Å². The summed E-state index contributed by atoms with van der Waals surface area (Å²) in [5.41, 5.74) is 0.807. The molecule has 0 unspecified atom stereocenters. The summed E-state index contributed by atoms with van der Waals surface area (Å²) in [6.07, 6.45) is 1.48. The molecule has 1 atom stereocenters. The lowest BCUT2D eigenvalue weighted by molar-refractivity contribution is -0.121. The molecule has 1 aliphatic heterocycles. The van der Waals surface area contributed by atoms with E-state index < -0.39 is 56.8 Å². The Labute approximate surface area is 161 Å². The molecule has 0 aliphatic carbocycles. The Hall–Kier alpha value is -3.15. The molecule has 1 aromatic heterocycles. The Morgan fingerprint density at radius 3 is 2.75 bits per heavy atom. The van der Waals surface area contributed by atoms with E-state index in [0.717, 1.165) is 11.6 Å². The van der Waals surface area contributed by atoms with Crippen molar-refractivity contribution in [2.24, 2.45) is 0 Å². The van der Waals surface area contributed by atoms with Crippen LogP contribution in [0, 0.1) is 18.6 Å². The third-order valence-corrected chi connectivity index (χ3v) is 5.89. The fraction of sp³-hybridized carbons (Fsp3) is 0.250. The van der Waals surface area contributed by atoms with Gasteiger partial charge in [-0.2, -0.15) is 10.2 Å². The molecule has 0 spiro atoms. The van der Waals surface area contributed by atoms with Crippen LogP contribution in [0.3, 0.4) is 0 Å². The number of nitrogens with one attached hydrogen (secondary N) is 2. The van der Waals surface area contributed by atoms with Gasteiger partial charge < -0.3 is 10.6 Å². The highest BCUT2D eigenvalue weighted by molar-refractivity contribution is 7.90. The van der Waals surface area contributed by atoms with Crippen molar-refractivity contribution in [2.45, 2.75) is 24.8 Å². The zero-order valence-corrected chi connectivity index (χ0v) is 15.5. The number of sulfonamides is 1. The molecule has 0 radical (unpaired) electrons. The maximum Gasteiger partial charge on any atom is 0.336 e. The Kier molecular flexibility index (Phi) is 4.98. The second-order valence-corrected chi connectivity index (χ2v) is 7.87. The average Bonchev–Trinajstić information content (AvgIpc) is 2.61. The summed E-state index contributed by atoms with van der Waals surface area (Å²) in [6.45, 7) is 2.43. The molecule has 3 amide bonds. The number of nitrogens with zero attached hydrogens (tertiary/aromatic N) is 3. The summed E-state index contributed by atoms with van der Waals surface area (Å²) in [6, 6.07) is 1.52. The number of halogens is 2. The lowest BCUT2D eigenvalue weighted by atomic mass is 10.1. The summed E-state index contributed by atoms with van der Waals surface area (Å²) in [5.74, 6) is -3.86. The number of fused-ring (bicyclic) bond motifs is 1. The number of hydrogen-bond acceptors (Lipinski definition) is 6. The van der Waals surface area contributed by atoms with Crippen LogP contribution < -0.4 is 10.6 Å². The Morgan fingerprint density at radius 2 is 2.07 bits per heavy atom. The first-order chi connectivity index (χ1) is 13.1. The number of anilines is 1.